The molecule has 0 saturated carbocycles. The second-order valence-corrected chi connectivity index (χ2v) is 11.5. The van der Waals surface area contributed by atoms with Gasteiger partial charge in [-0.1, -0.05) is 12.1 Å². The number of thioether (sulfide) groups is 1. The topological polar surface area (TPSA) is 76.6 Å². The minimum Gasteiger partial charge on any atom is -0.493 e. The quantitative estimate of drug-likeness (QED) is 0.292. The lowest BCUT2D eigenvalue weighted by Gasteiger charge is -2.24. The van der Waals surface area contributed by atoms with Crippen LogP contribution in [0.5, 0.6) is 11.5 Å². The smallest absolute Gasteiger partial charge is 0.241 e. The summed E-state index contributed by atoms with van der Waals surface area (Å²) in [5.74, 6) is 1.42. The van der Waals surface area contributed by atoms with Gasteiger partial charge in [0.1, 0.15) is 0 Å². The number of aromatic nitrogens is 2. The molecular formula is C28H30N4O3S2. The van der Waals surface area contributed by atoms with Crippen LogP contribution >= 0.6 is 23.1 Å². The largest absolute Gasteiger partial charge is 0.493 e. The van der Waals surface area contributed by atoms with Gasteiger partial charge >= 0.3 is 0 Å². The summed E-state index contributed by atoms with van der Waals surface area (Å²) in [6, 6.07) is 17.6. The third-order valence-corrected chi connectivity index (χ3v) is 8.38. The maximum absolute atomic E-state index is 13.6. The van der Waals surface area contributed by atoms with Crippen molar-refractivity contribution >= 4 is 44.9 Å². The van der Waals surface area contributed by atoms with Gasteiger partial charge in [0.25, 0.3) is 0 Å². The lowest BCUT2D eigenvalue weighted by Crippen LogP contribution is -2.39. The first-order valence-corrected chi connectivity index (χ1v) is 14.0. The van der Waals surface area contributed by atoms with E-state index < -0.39 is 0 Å². The third-order valence-electron chi connectivity index (χ3n) is 6.27. The molecule has 1 aliphatic heterocycles. The first-order chi connectivity index (χ1) is 18.0. The van der Waals surface area contributed by atoms with E-state index >= 15 is 0 Å². The lowest BCUT2D eigenvalue weighted by atomic mass is 10.1. The van der Waals surface area contributed by atoms with Gasteiger partial charge in [0.15, 0.2) is 11.5 Å². The fourth-order valence-electron chi connectivity index (χ4n) is 4.65. The van der Waals surface area contributed by atoms with Gasteiger partial charge in [0.05, 0.1) is 40.0 Å². The Balaban J connectivity index is 1.36. The molecule has 1 saturated heterocycles. The van der Waals surface area contributed by atoms with Crippen molar-refractivity contribution in [2.45, 2.75) is 43.1 Å². The Labute approximate surface area is 225 Å². The Morgan fingerprint density at radius 2 is 2.08 bits per heavy atom. The summed E-state index contributed by atoms with van der Waals surface area (Å²) < 4.78 is 12.3. The molecule has 0 radical (unpaired) electrons. The zero-order valence-electron chi connectivity index (χ0n) is 21.1. The van der Waals surface area contributed by atoms with Crippen LogP contribution in [0.25, 0.3) is 10.2 Å². The van der Waals surface area contributed by atoms with Gasteiger partial charge in [-0.25, -0.2) is 9.97 Å². The van der Waals surface area contributed by atoms with Crippen LogP contribution < -0.4 is 14.8 Å². The van der Waals surface area contributed by atoms with Gasteiger partial charge in [-0.2, -0.15) is 0 Å². The van der Waals surface area contributed by atoms with Crippen LogP contribution in [-0.4, -0.2) is 52.3 Å². The molecule has 37 heavy (non-hydrogen) atoms. The van der Waals surface area contributed by atoms with E-state index in [0.717, 1.165) is 44.5 Å². The number of fused-ring (bicyclic) bond motifs is 1. The Morgan fingerprint density at radius 3 is 2.86 bits per heavy atom. The molecule has 1 N–H and O–H groups in total. The Kier molecular flexibility index (Phi) is 7.93. The van der Waals surface area contributed by atoms with Crippen LogP contribution in [0.15, 0.2) is 65.8 Å². The number of aryl methyl sites for hydroxylation is 1. The molecular weight excluding hydrogens is 504 g/mol. The molecule has 192 valence electrons. The molecule has 0 aliphatic carbocycles. The molecule has 0 bridgehead atoms. The zero-order valence-corrected chi connectivity index (χ0v) is 22.8. The summed E-state index contributed by atoms with van der Waals surface area (Å²) in [7, 11) is 1.64. The molecule has 1 amide bonds. The molecule has 1 fully saturated rings. The maximum Gasteiger partial charge on any atom is 0.241 e. The van der Waals surface area contributed by atoms with E-state index in [-0.39, 0.29) is 17.2 Å². The van der Waals surface area contributed by atoms with E-state index in [0.29, 0.717) is 24.7 Å². The molecule has 2 atom stereocenters. The van der Waals surface area contributed by atoms with Crippen molar-refractivity contribution in [3.8, 4) is 11.5 Å². The van der Waals surface area contributed by atoms with Crippen LogP contribution in [0, 0.1) is 6.92 Å². The van der Waals surface area contributed by atoms with Crippen LogP contribution in [0.2, 0.25) is 0 Å². The maximum atomic E-state index is 13.6. The number of hydrogen-bond acceptors (Lipinski definition) is 8. The summed E-state index contributed by atoms with van der Waals surface area (Å²) in [6.45, 7) is 5.91. The van der Waals surface area contributed by atoms with Crippen molar-refractivity contribution in [2.75, 3.05) is 25.6 Å². The van der Waals surface area contributed by atoms with E-state index in [1.54, 1.807) is 30.2 Å². The fraction of sp³-hybridized carbons (Fsp3) is 0.321. The van der Waals surface area contributed by atoms with Crippen LogP contribution in [-0.2, 0) is 11.3 Å². The second-order valence-electron chi connectivity index (χ2n) is 8.91. The van der Waals surface area contributed by atoms with E-state index in [9.17, 15) is 4.79 Å². The van der Waals surface area contributed by atoms with E-state index in [1.807, 2.05) is 74.6 Å². The predicted octanol–water partition coefficient (Wildman–Crippen LogP) is 5.78. The molecule has 3 heterocycles. The van der Waals surface area contributed by atoms with Crippen molar-refractivity contribution in [3.05, 3.63) is 71.4 Å². The van der Waals surface area contributed by atoms with Crippen molar-refractivity contribution in [2.24, 2.45) is 0 Å². The first kappa shape index (κ1) is 25.5. The Bertz CT molecular complexity index is 1380. The third kappa shape index (κ3) is 6.06. The van der Waals surface area contributed by atoms with Crippen molar-refractivity contribution in [1.82, 2.24) is 14.9 Å². The number of methoxy groups -OCH3 is 1. The molecule has 2 aromatic carbocycles. The van der Waals surface area contributed by atoms with Crippen LogP contribution in [0.1, 0.15) is 23.9 Å². The summed E-state index contributed by atoms with van der Waals surface area (Å²) in [4.78, 5) is 24.9. The number of ether oxygens (including phenoxy) is 2. The van der Waals surface area contributed by atoms with Crippen molar-refractivity contribution in [1.29, 1.82) is 0 Å². The number of hydrogen-bond donors (Lipinski definition) is 1. The number of nitrogens with one attached hydrogen (secondary N) is 1. The second kappa shape index (κ2) is 11.5. The summed E-state index contributed by atoms with van der Waals surface area (Å²) in [5, 5.41) is 5.39. The molecule has 9 heteroatoms. The standard InChI is InChI=1S/C28H30N4O3S2/c1-4-35-25-13-19(8-10-24(25)34-3)16-32-17-21(37-27-7-5-6-12-29-27)15-23(32)28(33)31-20-9-11-26-22(14-20)30-18(2)36-26/h5-14,21,23H,4,15-17H2,1-3H3,(H,31,33)/t21-,23+/m1/s1. The number of carbonyl (C=O) groups excluding carboxylic acids is 1. The lowest BCUT2D eigenvalue weighted by molar-refractivity contribution is -0.120. The number of pyridine rings is 1. The molecule has 2 aromatic heterocycles. The number of rotatable bonds is 9. The number of nitrogens with zero attached hydrogens (tertiary/aromatic N) is 3. The average Bonchev–Trinajstić information content (AvgIpc) is 3.46. The fourth-order valence-corrected chi connectivity index (χ4v) is 6.62. The number of carbonyl (C=O) groups is 1. The van der Waals surface area contributed by atoms with Crippen LogP contribution in [0.4, 0.5) is 5.69 Å². The summed E-state index contributed by atoms with van der Waals surface area (Å²) in [5.41, 5.74) is 2.76. The van der Waals surface area contributed by atoms with Gasteiger partial charge in [0.2, 0.25) is 5.91 Å². The molecule has 5 rings (SSSR count). The molecule has 4 aromatic rings. The highest BCUT2D eigenvalue weighted by Crippen LogP contribution is 2.35. The number of thiazole rings is 1. The summed E-state index contributed by atoms with van der Waals surface area (Å²) >= 11 is 3.38. The van der Waals surface area contributed by atoms with E-state index in [4.69, 9.17) is 9.47 Å². The van der Waals surface area contributed by atoms with Gasteiger partial charge in [-0.15, -0.1) is 23.1 Å². The minimum absolute atomic E-state index is 0.00559. The molecule has 7 nitrogen and oxygen atoms in total. The number of likely N-dealkylation sites (tertiary alicyclic amines) is 1. The predicted molar refractivity (Wildman–Crippen MR) is 150 cm³/mol. The van der Waals surface area contributed by atoms with E-state index in [1.165, 1.54) is 0 Å². The normalized spacial score (nSPS) is 17.7. The highest BCUT2D eigenvalue weighted by molar-refractivity contribution is 7.99. The molecule has 1 aliphatic rings. The van der Waals surface area contributed by atoms with Gasteiger partial charge < -0.3 is 14.8 Å². The van der Waals surface area contributed by atoms with Crippen molar-refractivity contribution < 1.29 is 14.3 Å². The Morgan fingerprint density at radius 1 is 1.19 bits per heavy atom. The zero-order chi connectivity index (χ0) is 25.8. The monoisotopic (exact) mass is 534 g/mol. The van der Waals surface area contributed by atoms with Gasteiger partial charge in [-0.3, -0.25) is 9.69 Å². The first-order valence-electron chi connectivity index (χ1n) is 12.3. The van der Waals surface area contributed by atoms with Crippen molar-refractivity contribution in [3.63, 3.8) is 0 Å². The minimum atomic E-state index is -0.272. The number of amides is 1. The Hall–Kier alpha value is -3.14. The van der Waals surface area contributed by atoms with Gasteiger partial charge in [-0.05, 0) is 68.3 Å². The molecule has 0 unspecified atom stereocenters. The van der Waals surface area contributed by atoms with Gasteiger partial charge in [0, 0.05) is 30.2 Å². The summed E-state index contributed by atoms with van der Waals surface area (Å²) in [6.07, 6.45) is 2.54. The SMILES string of the molecule is CCOc1cc(CN2C[C@H](Sc3ccccn3)C[C@H]2C(=O)Nc2ccc3sc(C)nc3c2)ccc1OC. The van der Waals surface area contributed by atoms with Crippen LogP contribution in [0.3, 0.4) is 0 Å². The highest BCUT2D eigenvalue weighted by atomic mass is 32.2. The highest BCUT2D eigenvalue weighted by Gasteiger charge is 2.37. The van der Waals surface area contributed by atoms with E-state index in [2.05, 4.69) is 20.2 Å². The average molecular weight is 535 g/mol. The molecule has 0 spiro atoms. The number of benzene rings is 2. The number of anilines is 1.